The normalized spacial score (nSPS) is 10.7. The van der Waals surface area contributed by atoms with Gasteiger partial charge in [-0.05, 0) is 42.8 Å². The average Bonchev–Trinajstić information content (AvgIpc) is 3.25. The summed E-state index contributed by atoms with van der Waals surface area (Å²) in [5.74, 6) is -0.0108. The van der Waals surface area contributed by atoms with Crippen LogP contribution in [0.15, 0.2) is 66.0 Å². The van der Waals surface area contributed by atoms with E-state index in [0.717, 1.165) is 16.8 Å². The van der Waals surface area contributed by atoms with Gasteiger partial charge in [-0.2, -0.15) is 0 Å². The van der Waals surface area contributed by atoms with E-state index in [0.29, 0.717) is 21.2 Å². The van der Waals surface area contributed by atoms with Crippen LogP contribution in [0.1, 0.15) is 5.56 Å². The summed E-state index contributed by atoms with van der Waals surface area (Å²) in [7, 11) is 0. The van der Waals surface area contributed by atoms with Gasteiger partial charge in [-0.25, -0.2) is 9.78 Å². The van der Waals surface area contributed by atoms with Crippen LogP contribution in [0.2, 0.25) is 5.02 Å². The maximum Gasteiger partial charge on any atom is 0.511 e. The molecular weight excluding hydrogens is 452 g/mol. The van der Waals surface area contributed by atoms with Crippen molar-refractivity contribution < 1.29 is 19.6 Å². The van der Waals surface area contributed by atoms with Gasteiger partial charge in [-0.1, -0.05) is 35.9 Å². The minimum atomic E-state index is -1.52. The van der Waals surface area contributed by atoms with Gasteiger partial charge in [0.25, 0.3) is 5.69 Å². The predicted molar refractivity (Wildman–Crippen MR) is 123 cm³/mol. The maximum absolute atomic E-state index is 11.4. The van der Waals surface area contributed by atoms with Crippen LogP contribution in [0.4, 0.5) is 10.5 Å². The van der Waals surface area contributed by atoms with Crippen LogP contribution < -0.4 is 4.74 Å². The Labute approximate surface area is 191 Å². The van der Waals surface area contributed by atoms with Crippen molar-refractivity contribution in [1.29, 1.82) is 0 Å². The molecule has 0 spiro atoms. The fraction of sp³-hybridized carbons (Fsp3) is 0.0435. The summed E-state index contributed by atoms with van der Waals surface area (Å²) < 4.78 is 4.97. The molecule has 0 atom stereocenters. The first-order chi connectivity index (χ1) is 15.3. The molecule has 0 aliphatic rings. The van der Waals surface area contributed by atoms with Crippen molar-refractivity contribution in [3.8, 4) is 38.7 Å². The Bertz CT molecular complexity index is 1350. The van der Waals surface area contributed by atoms with E-state index >= 15 is 0 Å². The number of para-hydroxylation sites is 1. The Morgan fingerprint density at radius 3 is 2.56 bits per heavy atom. The smallest absolute Gasteiger partial charge is 0.449 e. The van der Waals surface area contributed by atoms with Crippen LogP contribution in [0, 0.1) is 17.0 Å². The molecule has 9 heteroatoms. The molecule has 3 aromatic carbocycles. The first-order valence-corrected chi connectivity index (χ1v) is 10.6. The maximum atomic E-state index is 11.4. The lowest BCUT2D eigenvalue weighted by molar-refractivity contribution is -0.384. The lowest BCUT2D eigenvalue weighted by atomic mass is 10.0. The SMILES string of the molecule is Cc1cc(-c2csc(-c3ccc(-c4ccccc4[N+](=O)[O-])c(OC(=O)O)c3)n2)ccc1Cl. The Morgan fingerprint density at radius 1 is 1.09 bits per heavy atom. The number of ether oxygens (including phenoxy) is 1. The third-order valence-corrected chi connectivity index (χ3v) is 6.09. The molecule has 4 aromatic rings. The van der Waals surface area contributed by atoms with Crippen LogP contribution in [-0.4, -0.2) is 21.2 Å². The Balaban J connectivity index is 1.77. The minimum Gasteiger partial charge on any atom is -0.449 e. The van der Waals surface area contributed by atoms with Crippen molar-refractivity contribution in [3.05, 3.63) is 86.7 Å². The molecule has 1 aromatic heterocycles. The number of carbonyl (C=O) groups is 1. The van der Waals surface area contributed by atoms with E-state index in [2.05, 4.69) is 4.98 Å². The number of nitro benzene ring substituents is 1. The molecule has 0 saturated carbocycles. The van der Waals surface area contributed by atoms with Gasteiger partial charge in [0, 0.05) is 33.2 Å². The molecule has 4 rings (SSSR count). The number of hydrogen-bond donors (Lipinski definition) is 1. The van der Waals surface area contributed by atoms with Gasteiger partial charge in [0.2, 0.25) is 0 Å². The number of aryl methyl sites for hydroxylation is 1. The zero-order chi connectivity index (χ0) is 22.8. The zero-order valence-electron chi connectivity index (χ0n) is 16.6. The number of carboxylic acid groups (broad SMARTS) is 1. The molecule has 1 N–H and O–H groups in total. The van der Waals surface area contributed by atoms with Crippen molar-refractivity contribution in [2.24, 2.45) is 0 Å². The molecular formula is C23H15ClN2O5S. The Kier molecular flexibility index (Phi) is 5.89. The van der Waals surface area contributed by atoms with Crippen LogP contribution in [0.5, 0.6) is 5.75 Å². The molecule has 32 heavy (non-hydrogen) atoms. The van der Waals surface area contributed by atoms with E-state index in [9.17, 15) is 20.0 Å². The molecule has 0 amide bonds. The predicted octanol–water partition coefficient (Wildman–Crippen LogP) is 7.07. The minimum absolute atomic E-state index is 0.0108. The first kappa shape index (κ1) is 21.5. The van der Waals surface area contributed by atoms with Gasteiger partial charge >= 0.3 is 6.16 Å². The standard InChI is InChI=1S/C23H15ClN2O5S/c1-13-10-14(7-9-18(13)24)19-12-32-22(25-19)15-6-8-17(21(11-15)31-23(27)28)16-4-2-3-5-20(16)26(29)30/h2-12H,1H3,(H,27,28). The summed E-state index contributed by atoms with van der Waals surface area (Å²) in [6.07, 6.45) is -1.52. The highest BCUT2D eigenvalue weighted by molar-refractivity contribution is 7.13. The summed E-state index contributed by atoms with van der Waals surface area (Å²) >= 11 is 7.49. The lowest BCUT2D eigenvalue weighted by Gasteiger charge is -2.10. The molecule has 0 unspecified atom stereocenters. The summed E-state index contributed by atoms with van der Waals surface area (Å²) in [5, 5.41) is 23.8. The monoisotopic (exact) mass is 466 g/mol. The number of nitrogens with zero attached hydrogens (tertiary/aromatic N) is 2. The van der Waals surface area contributed by atoms with Gasteiger partial charge in [0.05, 0.1) is 16.2 Å². The van der Waals surface area contributed by atoms with E-state index in [1.165, 1.54) is 23.5 Å². The highest BCUT2D eigenvalue weighted by atomic mass is 35.5. The fourth-order valence-electron chi connectivity index (χ4n) is 3.26. The molecule has 0 radical (unpaired) electrons. The van der Waals surface area contributed by atoms with Gasteiger partial charge in [-0.3, -0.25) is 10.1 Å². The summed E-state index contributed by atoms with van der Waals surface area (Å²) in [6.45, 7) is 1.91. The molecule has 7 nitrogen and oxygen atoms in total. The van der Waals surface area contributed by atoms with Crippen molar-refractivity contribution in [2.75, 3.05) is 0 Å². The zero-order valence-corrected chi connectivity index (χ0v) is 18.2. The number of halogens is 1. The molecule has 0 fully saturated rings. The molecule has 0 aliphatic heterocycles. The van der Waals surface area contributed by atoms with E-state index < -0.39 is 11.1 Å². The van der Waals surface area contributed by atoms with E-state index in [-0.39, 0.29) is 17.0 Å². The number of aromatic nitrogens is 1. The van der Waals surface area contributed by atoms with Crippen molar-refractivity contribution >= 4 is 34.8 Å². The molecule has 0 saturated heterocycles. The largest absolute Gasteiger partial charge is 0.511 e. The van der Waals surface area contributed by atoms with Crippen molar-refractivity contribution in [2.45, 2.75) is 6.92 Å². The van der Waals surface area contributed by atoms with E-state index in [1.807, 2.05) is 30.5 Å². The van der Waals surface area contributed by atoms with E-state index in [4.69, 9.17) is 16.3 Å². The van der Waals surface area contributed by atoms with E-state index in [1.54, 1.807) is 30.3 Å². The number of rotatable bonds is 5. The molecule has 1 heterocycles. The summed E-state index contributed by atoms with van der Waals surface area (Å²) in [6, 6.07) is 16.6. The van der Waals surface area contributed by atoms with Crippen LogP contribution in [0.25, 0.3) is 33.0 Å². The summed E-state index contributed by atoms with van der Waals surface area (Å²) in [5.41, 5.74) is 3.65. The van der Waals surface area contributed by atoms with Gasteiger partial charge in [0.15, 0.2) is 0 Å². The number of nitro groups is 1. The number of thiazole rings is 1. The van der Waals surface area contributed by atoms with Gasteiger partial charge in [-0.15, -0.1) is 11.3 Å². The van der Waals surface area contributed by atoms with Gasteiger partial charge < -0.3 is 9.84 Å². The Hall–Kier alpha value is -3.75. The molecule has 0 bridgehead atoms. The molecule has 160 valence electrons. The van der Waals surface area contributed by atoms with Crippen molar-refractivity contribution in [3.63, 3.8) is 0 Å². The second kappa shape index (κ2) is 8.78. The van der Waals surface area contributed by atoms with Crippen LogP contribution >= 0.6 is 22.9 Å². The lowest BCUT2D eigenvalue weighted by Crippen LogP contribution is -2.05. The number of benzene rings is 3. The second-order valence-electron chi connectivity index (χ2n) is 6.86. The highest BCUT2D eigenvalue weighted by Gasteiger charge is 2.20. The Morgan fingerprint density at radius 2 is 1.84 bits per heavy atom. The second-order valence-corrected chi connectivity index (χ2v) is 8.12. The van der Waals surface area contributed by atoms with Crippen LogP contribution in [0.3, 0.4) is 0 Å². The fourth-order valence-corrected chi connectivity index (χ4v) is 4.20. The van der Waals surface area contributed by atoms with Gasteiger partial charge in [0.1, 0.15) is 10.8 Å². The molecule has 0 aliphatic carbocycles. The van der Waals surface area contributed by atoms with Crippen molar-refractivity contribution in [1.82, 2.24) is 4.98 Å². The highest BCUT2D eigenvalue weighted by Crippen LogP contribution is 2.40. The first-order valence-electron chi connectivity index (χ1n) is 9.34. The quantitative estimate of drug-likeness (QED) is 0.146. The topological polar surface area (TPSA) is 103 Å². The number of hydrogen-bond acceptors (Lipinski definition) is 6. The third kappa shape index (κ3) is 4.32. The average molecular weight is 467 g/mol. The summed E-state index contributed by atoms with van der Waals surface area (Å²) in [4.78, 5) is 26.9. The third-order valence-electron chi connectivity index (χ3n) is 4.77. The van der Waals surface area contributed by atoms with Crippen LogP contribution in [-0.2, 0) is 0 Å².